The largest absolute Gasteiger partial charge is 0.497 e. The molecule has 2 aliphatic rings. The number of rotatable bonds is 5. The summed E-state index contributed by atoms with van der Waals surface area (Å²) in [6, 6.07) is 7.11. The Bertz CT molecular complexity index is 626. The van der Waals surface area contributed by atoms with Crippen molar-refractivity contribution in [3.8, 4) is 5.75 Å². The van der Waals surface area contributed by atoms with E-state index in [-0.39, 0.29) is 17.9 Å². The summed E-state index contributed by atoms with van der Waals surface area (Å²) in [7, 11) is 1.61. The summed E-state index contributed by atoms with van der Waals surface area (Å²) in [4.78, 5) is 26.9. The van der Waals surface area contributed by atoms with Crippen molar-refractivity contribution in [3.63, 3.8) is 0 Å². The number of hydrogen-bond donors (Lipinski definition) is 2. The van der Waals surface area contributed by atoms with Gasteiger partial charge in [-0.2, -0.15) is 0 Å². The van der Waals surface area contributed by atoms with Gasteiger partial charge in [0.2, 0.25) is 5.91 Å². The van der Waals surface area contributed by atoms with Gasteiger partial charge in [-0.3, -0.25) is 4.79 Å². The van der Waals surface area contributed by atoms with Crippen LogP contribution < -0.4 is 15.4 Å². The molecule has 148 valence electrons. The zero-order chi connectivity index (χ0) is 19.1. The number of nitrogens with zero attached hydrogens (tertiary/aromatic N) is 1. The average molecular weight is 373 g/mol. The third-order valence-electron chi connectivity index (χ3n) is 5.71. The smallest absolute Gasteiger partial charge is 0.321 e. The highest BCUT2D eigenvalue weighted by atomic mass is 16.5. The topological polar surface area (TPSA) is 70.7 Å². The van der Waals surface area contributed by atoms with Crippen LogP contribution in [0.15, 0.2) is 24.3 Å². The molecule has 0 bridgehead atoms. The van der Waals surface area contributed by atoms with E-state index in [4.69, 9.17) is 4.74 Å². The molecule has 1 saturated heterocycles. The first-order valence-electron chi connectivity index (χ1n) is 10.1. The van der Waals surface area contributed by atoms with Crippen molar-refractivity contribution >= 4 is 17.6 Å². The number of benzene rings is 1. The molecule has 2 N–H and O–H groups in total. The second-order valence-electron chi connectivity index (χ2n) is 7.69. The fourth-order valence-electron chi connectivity index (χ4n) is 4.03. The third-order valence-corrected chi connectivity index (χ3v) is 5.71. The normalized spacial score (nSPS) is 20.8. The van der Waals surface area contributed by atoms with E-state index >= 15 is 0 Å². The van der Waals surface area contributed by atoms with Crippen molar-refractivity contribution in [3.05, 3.63) is 24.3 Å². The highest BCUT2D eigenvalue weighted by Crippen LogP contribution is 2.23. The van der Waals surface area contributed by atoms with Gasteiger partial charge in [0.1, 0.15) is 5.75 Å². The zero-order valence-electron chi connectivity index (χ0n) is 16.2. The van der Waals surface area contributed by atoms with Gasteiger partial charge in [-0.1, -0.05) is 19.3 Å². The number of likely N-dealkylation sites (tertiary alicyclic amines) is 1. The molecule has 6 heteroatoms. The highest BCUT2D eigenvalue weighted by Gasteiger charge is 2.28. The molecular formula is C21H31N3O3. The predicted molar refractivity (Wildman–Crippen MR) is 106 cm³/mol. The van der Waals surface area contributed by atoms with Crippen molar-refractivity contribution in [2.24, 2.45) is 11.8 Å². The van der Waals surface area contributed by atoms with Crippen molar-refractivity contribution < 1.29 is 14.3 Å². The van der Waals surface area contributed by atoms with Crippen LogP contribution >= 0.6 is 0 Å². The summed E-state index contributed by atoms with van der Waals surface area (Å²) in [6.07, 6.45) is 8.04. The van der Waals surface area contributed by atoms with Crippen LogP contribution in [0.5, 0.6) is 5.75 Å². The molecule has 1 heterocycles. The second kappa shape index (κ2) is 9.62. The molecule has 6 nitrogen and oxygen atoms in total. The van der Waals surface area contributed by atoms with Crippen LogP contribution in [0, 0.1) is 11.8 Å². The predicted octanol–water partition coefficient (Wildman–Crippen LogP) is 3.64. The van der Waals surface area contributed by atoms with Crippen molar-refractivity contribution in [1.82, 2.24) is 10.2 Å². The second-order valence-corrected chi connectivity index (χ2v) is 7.69. The summed E-state index contributed by atoms with van der Waals surface area (Å²) in [5, 5.41) is 6.04. The maximum Gasteiger partial charge on any atom is 0.321 e. The number of methoxy groups -OCH3 is 1. The Morgan fingerprint density at radius 3 is 2.52 bits per heavy atom. The lowest BCUT2D eigenvalue weighted by Gasteiger charge is -2.32. The van der Waals surface area contributed by atoms with E-state index in [0.717, 1.165) is 30.8 Å². The lowest BCUT2D eigenvalue weighted by molar-refractivity contribution is -0.126. The van der Waals surface area contributed by atoms with Crippen molar-refractivity contribution in [2.45, 2.75) is 44.9 Å². The monoisotopic (exact) mass is 373 g/mol. The van der Waals surface area contributed by atoms with Gasteiger partial charge in [-0.15, -0.1) is 0 Å². The van der Waals surface area contributed by atoms with Crippen LogP contribution in [0.2, 0.25) is 0 Å². The maximum atomic E-state index is 12.6. The minimum Gasteiger partial charge on any atom is -0.497 e. The summed E-state index contributed by atoms with van der Waals surface area (Å²) < 4.78 is 5.13. The SMILES string of the molecule is COc1ccc(NC(=O)N2CCC[C@H](C(=O)NCC3CCCCC3)C2)cc1. The number of nitrogens with one attached hydrogen (secondary N) is 2. The molecule has 2 fully saturated rings. The van der Waals surface area contributed by atoms with E-state index in [1.807, 2.05) is 24.3 Å². The van der Waals surface area contributed by atoms with E-state index in [1.54, 1.807) is 12.0 Å². The summed E-state index contributed by atoms with van der Waals surface area (Å²) in [5.74, 6) is 1.37. The van der Waals surface area contributed by atoms with Gasteiger partial charge < -0.3 is 20.3 Å². The number of amides is 3. The van der Waals surface area contributed by atoms with Crippen LogP contribution in [0.4, 0.5) is 10.5 Å². The number of hydrogen-bond acceptors (Lipinski definition) is 3. The highest BCUT2D eigenvalue weighted by molar-refractivity contribution is 5.90. The first kappa shape index (κ1) is 19.5. The lowest BCUT2D eigenvalue weighted by atomic mass is 9.89. The molecule has 1 saturated carbocycles. The lowest BCUT2D eigenvalue weighted by Crippen LogP contribution is -2.47. The van der Waals surface area contributed by atoms with Crippen molar-refractivity contribution in [1.29, 1.82) is 0 Å². The fraction of sp³-hybridized carbons (Fsp3) is 0.619. The van der Waals surface area contributed by atoms with Crippen molar-refractivity contribution in [2.75, 3.05) is 32.1 Å². The van der Waals surface area contributed by atoms with E-state index in [1.165, 1.54) is 32.1 Å². The van der Waals surface area contributed by atoms with Gasteiger partial charge in [0.25, 0.3) is 0 Å². The average Bonchev–Trinajstić information content (AvgIpc) is 2.73. The standard InChI is InChI=1S/C21H31N3O3/c1-27-19-11-9-18(10-12-19)23-21(26)24-13-5-8-17(15-24)20(25)22-14-16-6-3-2-4-7-16/h9-12,16-17H,2-8,13-15H2,1H3,(H,22,25)(H,23,26)/t17-/m0/s1. The van der Waals surface area contributed by atoms with Gasteiger partial charge in [0.15, 0.2) is 0 Å². The third kappa shape index (κ3) is 5.62. The molecular weight excluding hydrogens is 342 g/mol. The molecule has 1 aromatic rings. The molecule has 1 aliphatic carbocycles. The quantitative estimate of drug-likeness (QED) is 0.828. The summed E-state index contributed by atoms with van der Waals surface area (Å²) in [5.41, 5.74) is 0.727. The van der Waals surface area contributed by atoms with E-state index in [9.17, 15) is 9.59 Å². The first-order valence-corrected chi connectivity index (χ1v) is 10.1. The van der Waals surface area contributed by atoms with Crippen LogP contribution in [-0.4, -0.2) is 43.6 Å². The Morgan fingerprint density at radius 2 is 1.81 bits per heavy atom. The molecule has 1 aromatic carbocycles. The Labute approximate surface area is 161 Å². The molecule has 0 spiro atoms. The van der Waals surface area contributed by atoms with Gasteiger partial charge in [-0.05, 0) is 55.9 Å². The van der Waals surface area contributed by atoms with Crippen LogP contribution in [0.1, 0.15) is 44.9 Å². The van der Waals surface area contributed by atoms with Gasteiger partial charge in [0.05, 0.1) is 13.0 Å². The minimum absolute atomic E-state index is 0.0996. The summed E-state index contributed by atoms with van der Waals surface area (Å²) in [6.45, 7) is 1.96. The molecule has 0 radical (unpaired) electrons. The Hall–Kier alpha value is -2.24. The number of carbonyl (C=O) groups is 2. The van der Waals surface area contributed by atoms with Crippen LogP contribution in [0.25, 0.3) is 0 Å². The molecule has 1 atom stereocenters. The number of ether oxygens (including phenoxy) is 1. The Kier molecular flexibility index (Phi) is 6.96. The molecule has 3 rings (SSSR count). The fourth-order valence-corrected chi connectivity index (χ4v) is 4.03. The van der Waals surface area contributed by atoms with Gasteiger partial charge in [0, 0.05) is 25.3 Å². The van der Waals surface area contributed by atoms with Crippen LogP contribution in [0.3, 0.4) is 0 Å². The molecule has 3 amide bonds. The van der Waals surface area contributed by atoms with E-state index in [2.05, 4.69) is 10.6 Å². The maximum absolute atomic E-state index is 12.6. The molecule has 1 aliphatic heterocycles. The first-order chi connectivity index (χ1) is 13.2. The van der Waals surface area contributed by atoms with Crippen LogP contribution in [-0.2, 0) is 4.79 Å². The number of urea groups is 1. The number of carbonyl (C=O) groups excluding carboxylic acids is 2. The molecule has 0 aromatic heterocycles. The van der Waals surface area contributed by atoms with E-state index in [0.29, 0.717) is 19.0 Å². The van der Waals surface area contributed by atoms with Gasteiger partial charge in [-0.25, -0.2) is 4.79 Å². The molecule has 27 heavy (non-hydrogen) atoms. The minimum atomic E-state index is -0.148. The Balaban J connectivity index is 1.47. The van der Waals surface area contributed by atoms with E-state index < -0.39 is 0 Å². The number of piperidine rings is 1. The summed E-state index contributed by atoms with van der Waals surface area (Å²) >= 11 is 0. The zero-order valence-corrected chi connectivity index (χ0v) is 16.2. The number of anilines is 1. The Morgan fingerprint density at radius 1 is 1.07 bits per heavy atom. The molecule has 0 unspecified atom stereocenters. The van der Waals surface area contributed by atoms with Gasteiger partial charge >= 0.3 is 6.03 Å².